The molecule has 1 unspecified atom stereocenters. The van der Waals surface area contributed by atoms with Crippen LogP contribution in [-0.4, -0.2) is 18.4 Å². The maximum Gasteiger partial charge on any atom is 0.231 e. The first-order valence-electron chi connectivity index (χ1n) is 4.62. The van der Waals surface area contributed by atoms with E-state index in [0.29, 0.717) is 22.1 Å². The molecule has 1 atom stereocenters. The van der Waals surface area contributed by atoms with Gasteiger partial charge in [-0.3, -0.25) is 0 Å². The lowest BCUT2D eigenvalue weighted by Gasteiger charge is -2.14. The number of hydrogen-bond donors (Lipinski definition) is 2. The molecule has 3 N–H and O–H groups in total. The zero-order valence-corrected chi connectivity index (χ0v) is 9.04. The third-order valence-electron chi connectivity index (χ3n) is 2.47. The molecule has 4 nitrogen and oxygen atoms in total. The van der Waals surface area contributed by atoms with Gasteiger partial charge in [-0.2, -0.15) is 0 Å². The second kappa shape index (κ2) is 3.89. The summed E-state index contributed by atoms with van der Waals surface area (Å²) in [5.74, 6) is 1.15. The summed E-state index contributed by atoms with van der Waals surface area (Å²) in [5.41, 5.74) is 6.91. The number of hydrogen-bond acceptors (Lipinski definition) is 4. The van der Waals surface area contributed by atoms with Crippen molar-refractivity contribution in [3.8, 4) is 11.5 Å². The molecule has 0 spiro atoms. The Morgan fingerprint density at radius 1 is 1.53 bits per heavy atom. The third-order valence-corrected chi connectivity index (χ3v) is 2.75. The van der Waals surface area contributed by atoms with Gasteiger partial charge in [0.1, 0.15) is 0 Å². The molecule has 1 aliphatic rings. The van der Waals surface area contributed by atoms with Crippen molar-refractivity contribution < 1.29 is 14.6 Å². The third kappa shape index (κ3) is 1.65. The molecular weight excluding hydrogens is 218 g/mol. The zero-order chi connectivity index (χ0) is 11.0. The highest BCUT2D eigenvalue weighted by Crippen LogP contribution is 2.44. The quantitative estimate of drug-likeness (QED) is 0.804. The summed E-state index contributed by atoms with van der Waals surface area (Å²) in [6.07, 6.45) is -0.725. The number of aliphatic hydroxyl groups is 1. The van der Waals surface area contributed by atoms with Gasteiger partial charge in [0.15, 0.2) is 11.5 Å². The van der Waals surface area contributed by atoms with Crippen molar-refractivity contribution in [2.24, 2.45) is 5.73 Å². The number of aliphatic hydroxyl groups excluding tert-OH is 1. The van der Waals surface area contributed by atoms with E-state index in [1.807, 2.05) is 6.92 Å². The topological polar surface area (TPSA) is 64.7 Å². The van der Waals surface area contributed by atoms with Gasteiger partial charge >= 0.3 is 0 Å². The van der Waals surface area contributed by atoms with Crippen molar-refractivity contribution in [1.82, 2.24) is 0 Å². The van der Waals surface area contributed by atoms with Crippen molar-refractivity contribution in [3.05, 3.63) is 22.2 Å². The van der Waals surface area contributed by atoms with Crippen LogP contribution in [0.1, 0.15) is 17.2 Å². The molecule has 0 saturated heterocycles. The normalized spacial score (nSPS) is 15.5. The summed E-state index contributed by atoms with van der Waals surface area (Å²) in [6.45, 7) is 2.16. The standard InChI is InChI=1S/C10H12ClNO3/c1-5-6(8(13)3-12)2-7(11)10-9(5)14-4-15-10/h2,8,13H,3-4,12H2,1H3. The largest absolute Gasteiger partial charge is 0.453 e. The fraction of sp³-hybridized carbons (Fsp3) is 0.400. The molecule has 0 aromatic heterocycles. The predicted molar refractivity (Wildman–Crippen MR) is 56.3 cm³/mol. The average molecular weight is 230 g/mol. The van der Waals surface area contributed by atoms with Crippen molar-refractivity contribution in [2.75, 3.05) is 13.3 Å². The molecule has 0 fully saturated rings. The fourth-order valence-electron chi connectivity index (χ4n) is 1.65. The van der Waals surface area contributed by atoms with Gasteiger partial charge < -0.3 is 20.3 Å². The maximum atomic E-state index is 9.69. The van der Waals surface area contributed by atoms with Crippen LogP contribution < -0.4 is 15.2 Å². The van der Waals surface area contributed by atoms with Crippen LogP contribution in [0.4, 0.5) is 0 Å². The molecule has 5 heteroatoms. The number of ether oxygens (including phenoxy) is 2. The predicted octanol–water partition coefficient (Wildman–Crippen LogP) is 1.37. The molecule has 0 amide bonds. The number of fused-ring (bicyclic) bond motifs is 1. The number of halogens is 1. The van der Waals surface area contributed by atoms with E-state index in [1.165, 1.54) is 0 Å². The lowest BCUT2D eigenvalue weighted by atomic mass is 10.0. The molecule has 0 radical (unpaired) electrons. The Morgan fingerprint density at radius 2 is 2.20 bits per heavy atom. The smallest absolute Gasteiger partial charge is 0.231 e. The summed E-state index contributed by atoms with van der Waals surface area (Å²) in [7, 11) is 0. The molecule has 1 aliphatic heterocycles. The molecule has 0 aliphatic carbocycles. The minimum atomic E-state index is -0.725. The first kappa shape index (κ1) is 10.5. The number of rotatable bonds is 2. The van der Waals surface area contributed by atoms with E-state index < -0.39 is 6.10 Å². The second-order valence-corrected chi connectivity index (χ2v) is 3.80. The average Bonchev–Trinajstić information content (AvgIpc) is 2.71. The van der Waals surface area contributed by atoms with Crippen LogP contribution >= 0.6 is 11.6 Å². The zero-order valence-electron chi connectivity index (χ0n) is 8.29. The van der Waals surface area contributed by atoms with Crippen LogP contribution in [0, 0.1) is 6.92 Å². The van der Waals surface area contributed by atoms with Gasteiger partial charge in [-0.25, -0.2) is 0 Å². The minimum Gasteiger partial charge on any atom is -0.453 e. The molecule has 1 heterocycles. The summed E-state index contributed by atoms with van der Waals surface area (Å²) in [4.78, 5) is 0. The summed E-state index contributed by atoms with van der Waals surface area (Å²) < 4.78 is 10.5. The molecule has 1 aromatic rings. The molecule has 82 valence electrons. The second-order valence-electron chi connectivity index (χ2n) is 3.39. The Hall–Kier alpha value is -0.970. The summed E-state index contributed by atoms with van der Waals surface area (Å²) in [5, 5.41) is 10.1. The SMILES string of the molecule is Cc1c(C(O)CN)cc(Cl)c2c1OCO2. The van der Waals surface area contributed by atoms with E-state index in [0.717, 1.165) is 5.56 Å². The Labute approximate surface area is 92.5 Å². The molecule has 15 heavy (non-hydrogen) atoms. The van der Waals surface area contributed by atoms with Gasteiger partial charge in [-0.05, 0) is 18.6 Å². The van der Waals surface area contributed by atoms with Crippen molar-refractivity contribution in [2.45, 2.75) is 13.0 Å². The maximum absolute atomic E-state index is 9.69. The summed E-state index contributed by atoms with van der Waals surface area (Å²) in [6, 6.07) is 1.67. The van der Waals surface area contributed by atoms with Crippen LogP contribution in [0.3, 0.4) is 0 Å². The van der Waals surface area contributed by atoms with Crippen molar-refractivity contribution >= 4 is 11.6 Å². The van der Waals surface area contributed by atoms with Crippen LogP contribution in [0.2, 0.25) is 5.02 Å². The minimum absolute atomic E-state index is 0.150. The highest BCUT2D eigenvalue weighted by molar-refractivity contribution is 6.32. The van der Waals surface area contributed by atoms with Crippen LogP contribution in [-0.2, 0) is 0 Å². The molecular formula is C10H12ClNO3. The fourth-order valence-corrected chi connectivity index (χ4v) is 1.91. The lowest BCUT2D eigenvalue weighted by molar-refractivity contribution is 0.172. The van der Waals surface area contributed by atoms with Crippen LogP contribution in [0.15, 0.2) is 6.07 Å². The molecule has 2 rings (SSSR count). The van der Waals surface area contributed by atoms with Crippen molar-refractivity contribution in [3.63, 3.8) is 0 Å². The first-order chi connectivity index (χ1) is 7.15. The highest BCUT2D eigenvalue weighted by Gasteiger charge is 2.24. The van der Waals surface area contributed by atoms with Gasteiger partial charge in [0.2, 0.25) is 6.79 Å². The molecule has 0 bridgehead atoms. The Morgan fingerprint density at radius 3 is 2.87 bits per heavy atom. The molecule has 0 saturated carbocycles. The Kier molecular flexibility index (Phi) is 2.73. The number of benzene rings is 1. The van der Waals surface area contributed by atoms with Gasteiger partial charge in [0.25, 0.3) is 0 Å². The van der Waals surface area contributed by atoms with E-state index in [-0.39, 0.29) is 13.3 Å². The monoisotopic (exact) mass is 229 g/mol. The summed E-state index contributed by atoms with van der Waals surface area (Å²) >= 11 is 5.99. The van der Waals surface area contributed by atoms with Crippen LogP contribution in [0.25, 0.3) is 0 Å². The Bertz CT molecular complexity index is 395. The van der Waals surface area contributed by atoms with E-state index in [4.69, 9.17) is 26.8 Å². The van der Waals surface area contributed by atoms with E-state index >= 15 is 0 Å². The van der Waals surface area contributed by atoms with Gasteiger partial charge in [0, 0.05) is 12.1 Å². The van der Waals surface area contributed by atoms with Crippen molar-refractivity contribution in [1.29, 1.82) is 0 Å². The van der Waals surface area contributed by atoms with E-state index in [9.17, 15) is 5.11 Å². The molecule has 1 aromatic carbocycles. The van der Waals surface area contributed by atoms with E-state index in [2.05, 4.69) is 0 Å². The lowest BCUT2D eigenvalue weighted by Crippen LogP contribution is -2.12. The van der Waals surface area contributed by atoms with Gasteiger partial charge in [-0.15, -0.1) is 0 Å². The highest BCUT2D eigenvalue weighted by atomic mass is 35.5. The van der Waals surface area contributed by atoms with Crippen LogP contribution in [0.5, 0.6) is 11.5 Å². The van der Waals surface area contributed by atoms with E-state index in [1.54, 1.807) is 6.07 Å². The Balaban J connectivity index is 2.54. The first-order valence-corrected chi connectivity index (χ1v) is 4.99. The number of nitrogens with two attached hydrogens (primary N) is 1. The van der Waals surface area contributed by atoms with Gasteiger partial charge in [0.05, 0.1) is 11.1 Å². The van der Waals surface area contributed by atoms with Gasteiger partial charge in [-0.1, -0.05) is 11.6 Å².